The van der Waals surface area contributed by atoms with Gasteiger partial charge in [0.15, 0.2) is 0 Å². The highest BCUT2D eigenvalue weighted by Crippen LogP contribution is 2.21. The minimum Gasteiger partial charge on any atom is -0.494 e. The van der Waals surface area contributed by atoms with Gasteiger partial charge in [0.1, 0.15) is 5.75 Å². The monoisotopic (exact) mass is 327 g/mol. The third kappa shape index (κ3) is 4.35. The number of nitrogens with one attached hydrogen (secondary N) is 1. The minimum atomic E-state index is -1.01. The summed E-state index contributed by atoms with van der Waals surface area (Å²) in [4.78, 5) is 23.4. The molecule has 24 heavy (non-hydrogen) atoms. The normalized spacial score (nSPS) is 10.3. The van der Waals surface area contributed by atoms with Gasteiger partial charge in [-0.3, -0.25) is 4.79 Å². The summed E-state index contributed by atoms with van der Waals surface area (Å²) < 4.78 is 5.37. The maximum absolute atomic E-state index is 12.2. The number of hydrogen-bond donors (Lipinski definition) is 2. The number of aryl methyl sites for hydroxylation is 2. The van der Waals surface area contributed by atoms with E-state index in [1.54, 1.807) is 13.0 Å². The van der Waals surface area contributed by atoms with E-state index in [1.165, 1.54) is 6.07 Å². The fourth-order valence-corrected chi connectivity index (χ4v) is 2.47. The van der Waals surface area contributed by atoms with Gasteiger partial charge < -0.3 is 15.2 Å². The molecular weight excluding hydrogens is 306 g/mol. The van der Waals surface area contributed by atoms with E-state index in [-0.39, 0.29) is 17.9 Å². The Morgan fingerprint density at radius 2 is 1.75 bits per heavy atom. The summed E-state index contributed by atoms with van der Waals surface area (Å²) in [6.45, 7) is 6.09. The van der Waals surface area contributed by atoms with E-state index in [2.05, 4.69) is 5.32 Å². The van der Waals surface area contributed by atoms with Gasteiger partial charge in [-0.25, -0.2) is 4.79 Å². The molecule has 0 bridgehead atoms. The number of rotatable bonds is 6. The average molecular weight is 327 g/mol. The van der Waals surface area contributed by atoms with Gasteiger partial charge in [0, 0.05) is 5.69 Å². The highest BCUT2D eigenvalue weighted by Gasteiger charge is 2.12. The Kier molecular flexibility index (Phi) is 5.58. The number of carboxylic acids is 1. The van der Waals surface area contributed by atoms with Gasteiger partial charge in [-0.1, -0.05) is 18.2 Å². The van der Waals surface area contributed by atoms with Crippen LogP contribution in [-0.2, 0) is 11.2 Å². The quantitative estimate of drug-likeness (QED) is 0.850. The molecule has 5 nitrogen and oxygen atoms in total. The van der Waals surface area contributed by atoms with Gasteiger partial charge in [-0.05, 0) is 55.7 Å². The predicted octanol–water partition coefficient (Wildman–Crippen LogP) is 3.58. The zero-order valence-corrected chi connectivity index (χ0v) is 14.1. The first-order valence-electron chi connectivity index (χ1n) is 7.76. The number of amides is 1. The fourth-order valence-electron chi connectivity index (χ4n) is 2.47. The van der Waals surface area contributed by atoms with E-state index < -0.39 is 5.97 Å². The SMILES string of the molecule is CCOc1ccc(CC(=O)Nc2cc(C(=O)O)c(C)cc2C)cc1. The van der Waals surface area contributed by atoms with Gasteiger partial charge in [0.05, 0.1) is 18.6 Å². The van der Waals surface area contributed by atoms with Crippen molar-refractivity contribution in [3.8, 4) is 5.75 Å². The molecule has 0 saturated carbocycles. The molecule has 0 aliphatic rings. The zero-order chi connectivity index (χ0) is 17.7. The Morgan fingerprint density at radius 3 is 2.33 bits per heavy atom. The lowest BCUT2D eigenvalue weighted by molar-refractivity contribution is -0.115. The van der Waals surface area contributed by atoms with Crippen molar-refractivity contribution in [2.45, 2.75) is 27.2 Å². The lowest BCUT2D eigenvalue weighted by Crippen LogP contribution is -2.16. The molecule has 0 saturated heterocycles. The van der Waals surface area contributed by atoms with Crippen molar-refractivity contribution in [3.05, 3.63) is 58.7 Å². The Balaban J connectivity index is 2.09. The first-order valence-corrected chi connectivity index (χ1v) is 7.76. The molecule has 0 radical (unpaired) electrons. The van der Waals surface area contributed by atoms with Gasteiger partial charge in [0.2, 0.25) is 5.91 Å². The van der Waals surface area contributed by atoms with Crippen molar-refractivity contribution < 1.29 is 19.4 Å². The molecule has 2 N–H and O–H groups in total. The summed E-state index contributed by atoms with van der Waals surface area (Å²) in [5.41, 5.74) is 3.08. The topological polar surface area (TPSA) is 75.6 Å². The molecular formula is C19H21NO4. The van der Waals surface area contributed by atoms with E-state index >= 15 is 0 Å². The summed E-state index contributed by atoms with van der Waals surface area (Å²) in [6.07, 6.45) is 0.210. The summed E-state index contributed by atoms with van der Waals surface area (Å²) >= 11 is 0. The number of aromatic carboxylic acids is 1. The predicted molar refractivity (Wildman–Crippen MR) is 92.8 cm³/mol. The molecule has 0 heterocycles. The molecule has 0 atom stereocenters. The second-order valence-corrected chi connectivity index (χ2v) is 5.59. The van der Waals surface area contributed by atoms with E-state index in [1.807, 2.05) is 38.1 Å². The maximum atomic E-state index is 12.2. The number of carbonyl (C=O) groups is 2. The van der Waals surface area contributed by atoms with E-state index in [4.69, 9.17) is 4.74 Å². The standard InChI is InChI=1S/C19H21NO4/c1-4-24-15-7-5-14(6-8-15)10-18(21)20-17-11-16(19(22)23)12(2)9-13(17)3/h5-9,11H,4,10H2,1-3H3,(H,20,21)(H,22,23). The molecule has 0 aromatic heterocycles. The van der Waals surface area contributed by atoms with Crippen molar-refractivity contribution >= 4 is 17.6 Å². The molecule has 1 amide bonds. The molecule has 2 aromatic carbocycles. The maximum Gasteiger partial charge on any atom is 0.336 e. The van der Waals surface area contributed by atoms with Crippen LogP contribution >= 0.6 is 0 Å². The Morgan fingerprint density at radius 1 is 1.08 bits per heavy atom. The number of carbonyl (C=O) groups excluding carboxylic acids is 1. The fraction of sp³-hybridized carbons (Fsp3) is 0.263. The Labute approximate surface area is 141 Å². The zero-order valence-electron chi connectivity index (χ0n) is 14.1. The van der Waals surface area contributed by atoms with Crippen molar-refractivity contribution in [3.63, 3.8) is 0 Å². The van der Waals surface area contributed by atoms with Crippen molar-refractivity contribution in [1.29, 1.82) is 0 Å². The van der Waals surface area contributed by atoms with E-state index in [0.29, 0.717) is 17.9 Å². The second-order valence-electron chi connectivity index (χ2n) is 5.59. The largest absolute Gasteiger partial charge is 0.494 e. The first-order chi connectivity index (χ1) is 11.4. The summed E-state index contributed by atoms with van der Waals surface area (Å²) in [7, 11) is 0. The molecule has 2 rings (SSSR count). The number of carboxylic acid groups (broad SMARTS) is 1. The summed E-state index contributed by atoms with van der Waals surface area (Å²) in [5.74, 6) is -0.431. The van der Waals surface area contributed by atoms with Crippen LogP contribution in [0.5, 0.6) is 5.75 Å². The van der Waals surface area contributed by atoms with Gasteiger partial charge in [0.25, 0.3) is 0 Å². The molecule has 0 fully saturated rings. The summed E-state index contributed by atoms with van der Waals surface area (Å²) in [5, 5.41) is 12.0. The van der Waals surface area contributed by atoms with Gasteiger partial charge >= 0.3 is 5.97 Å². The Hall–Kier alpha value is -2.82. The number of hydrogen-bond acceptors (Lipinski definition) is 3. The van der Waals surface area contributed by atoms with Crippen molar-refractivity contribution in [2.24, 2.45) is 0 Å². The lowest BCUT2D eigenvalue weighted by Gasteiger charge is -2.12. The number of benzene rings is 2. The highest BCUT2D eigenvalue weighted by molar-refractivity contribution is 5.96. The molecule has 0 aliphatic heterocycles. The smallest absolute Gasteiger partial charge is 0.336 e. The van der Waals surface area contributed by atoms with Crippen LogP contribution < -0.4 is 10.1 Å². The van der Waals surface area contributed by atoms with Crippen LogP contribution in [-0.4, -0.2) is 23.6 Å². The average Bonchev–Trinajstić information content (AvgIpc) is 2.52. The third-order valence-corrected chi connectivity index (χ3v) is 3.67. The van der Waals surface area contributed by atoms with Crippen LogP contribution in [0.3, 0.4) is 0 Å². The molecule has 2 aromatic rings. The molecule has 0 aliphatic carbocycles. The molecule has 126 valence electrons. The first kappa shape index (κ1) is 17.5. The van der Waals surface area contributed by atoms with Crippen LogP contribution in [0.2, 0.25) is 0 Å². The minimum absolute atomic E-state index is 0.192. The Bertz CT molecular complexity index is 751. The van der Waals surface area contributed by atoms with Crippen LogP contribution in [0.15, 0.2) is 36.4 Å². The van der Waals surface area contributed by atoms with Gasteiger partial charge in [-0.15, -0.1) is 0 Å². The molecule has 0 spiro atoms. The van der Waals surface area contributed by atoms with Crippen LogP contribution in [0.1, 0.15) is 34.0 Å². The highest BCUT2D eigenvalue weighted by atomic mass is 16.5. The van der Waals surface area contributed by atoms with Crippen LogP contribution in [0.25, 0.3) is 0 Å². The summed E-state index contributed by atoms with van der Waals surface area (Å²) in [6, 6.07) is 10.6. The second kappa shape index (κ2) is 7.64. The number of ether oxygens (including phenoxy) is 1. The lowest BCUT2D eigenvalue weighted by atomic mass is 10.0. The molecule has 5 heteroatoms. The third-order valence-electron chi connectivity index (χ3n) is 3.67. The number of anilines is 1. The molecule has 0 unspecified atom stereocenters. The van der Waals surface area contributed by atoms with Crippen molar-refractivity contribution in [1.82, 2.24) is 0 Å². The van der Waals surface area contributed by atoms with Crippen LogP contribution in [0, 0.1) is 13.8 Å². The van der Waals surface area contributed by atoms with Crippen LogP contribution in [0.4, 0.5) is 5.69 Å². The van der Waals surface area contributed by atoms with Gasteiger partial charge in [-0.2, -0.15) is 0 Å². The van der Waals surface area contributed by atoms with E-state index in [9.17, 15) is 14.7 Å². The van der Waals surface area contributed by atoms with E-state index in [0.717, 1.165) is 16.9 Å². The van der Waals surface area contributed by atoms with Crippen molar-refractivity contribution in [2.75, 3.05) is 11.9 Å².